The highest BCUT2D eigenvalue weighted by Crippen LogP contribution is 2.46. The van der Waals surface area contributed by atoms with Crippen LogP contribution in [-0.2, 0) is 6.42 Å². The Morgan fingerprint density at radius 1 is 0.538 bits per heavy atom. The van der Waals surface area contributed by atoms with Crippen LogP contribution in [0.25, 0.3) is 77.6 Å². The average molecular weight is 669 g/mol. The Morgan fingerprint density at radius 2 is 1.27 bits per heavy atom. The highest BCUT2D eigenvalue weighted by Gasteiger charge is 2.24. The topological polar surface area (TPSA) is 34.5 Å². The minimum absolute atomic E-state index is 0.905. The van der Waals surface area contributed by atoms with Crippen LogP contribution in [0.3, 0.4) is 0 Å². The number of aromatic nitrogens is 1. The van der Waals surface area contributed by atoms with Crippen LogP contribution >= 0.6 is 0 Å². The van der Waals surface area contributed by atoms with Gasteiger partial charge < -0.3 is 18.3 Å². The number of nitrogens with zero attached hydrogens (tertiary/aromatic N) is 2. The number of fused-ring (bicyclic) bond motifs is 9. The van der Waals surface area contributed by atoms with E-state index < -0.39 is 0 Å². The fraction of sp³-hybridized carbons (Fsp3) is 0.0417. The summed E-state index contributed by atoms with van der Waals surface area (Å²) in [5, 5.41) is 5.90. The molecule has 0 saturated carbocycles. The molecule has 3 aromatic heterocycles. The molecule has 0 atom stereocenters. The first-order valence-electron chi connectivity index (χ1n) is 17.9. The minimum Gasteiger partial charge on any atom is -0.456 e. The molecule has 1 aliphatic rings. The number of rotatable bonds is 5. The maximum absolute atomic E-state index is 6.45. The Balaban J connectivity index is 1.14. The Kier molecular flexibility index (Phi) is 6.34. The van der Waals surface area contributed by atoms with Gasteiger partial charge in [-0.1, -0.05) is 103 Å². The maximum atomic E-state index is 6.45. The van der Waals surface area contributed by atoms with Crippen molar-refractivity contribution in [2.24, 2.45) is 0 Å². The SMILES string of the molecule is C1=Cc2oc3cccc(N(c4ccc(-c5cccc6c5oc5ccccc56)cc4)c4ccc5c6ccccc6n(-c6ccccc6)c5c4)c3c2CC1. The molecule has 0 saturated heterocycles. The number of hydrogen-bond acceptors (Lipinski definition) is 3. The van der Waals surface area contributed by atoms with Crippen molar-refractivity contribution in [1.29, 1.82) is 0 Å². The molecule has 11 rings (SSSR count). The summed E-state index contributed by atoms with van der Waals surface area (Å²) in [6.07, 6.45) is 6.29. The molecule has 0 amide bonds. The van der Waals surface area contributed by atoms with Crippen molar-refractivity contribution in [2.75, 3.05) is 4.90 Å². The first-order chi connectivity index (χ1) is 25.8. The smallest absolute Gasteiger partial charge is 0.143 e. The normalized spacial score (nSPS) is 12.8. The van der Waals surface area contributed by atoms with E-state index in [9.17, 15) is 0 Å². The Bertz CT molecular complexity index is 3010. The van der Waals surface area contributed by atoms with Gasteiger partial charge in [0.15, 0.2) is 0 Å². The third-order valence-corrected chi connectivity index (χ3v) is 10.7. The van der Waals surface area contributed by atoms with E-state index in [4.69, 9.17) is 8.83 Å². The van der Waals surface area contributed by atoms with E-state index in [1.165, 1.54) is 27.2 Å². The van der Waals surface area contributed by atoms with Gasteiger partial charge >= 0.3 is 0 Å². The van der Waals surface area contributed by atoms with Gasteiger partial charge in [0.05, 0.1) is 16.7 Å². The lowest BCUT2D eigenvalue weighted by Crippen LogP contribution is -2.11. The zero-order chi connectivity index (χ0) is 34.2. The quantitative estimate of drug-likeness (QED) is 0.183. The predicted molar refractivity (Wildman–Crippen MR) is 215 cm³/mol. The summed E-state index contributed by atoms with van der Waals surface area (Å²) in [6.45, 7) is 0. The predicted octanol–water partition coefficient (Wildman–Crippen LogP) is 13.5. The molecule has 0 aliphatic heterocycles. The Morgan fingerprint density at radius 3 is 2.17 bits per heavy atom. The molecule has 0 N–H and O–H groups in total. The Hall–Kier alpha value is -6.78. The lowest BCUT2D eigenvalue weighted by molar-refractivity contribution is 0.595. The lowest BCUT2D eigenvalue weighted by atomic mass is 9.98. The lowest BCUT2D eigenvalue weighted by Gasteiger charge is -2.27. The fourth-order valence-corrected chi connectivity index (χ4v) is 8.34. The van der Waals surface area contributed by atoms with E-state index in [0.29, 0.717) is 0 Å². The summed E-state index contributed by atoms with van der Waals surface area (Å²) in [6, 6.07) is 56.3. The van der Waals surface area contributed by atoms with E-state index in [2.05, 4.69) is 167 Å². The summed E-state index contributed by atoms with van der Waals surface area (Å²) in [5.74, 6) is 0.961. The molecule has 10 aromatic rings. The van der Waals surface area contributed by atoms with E-state index >= 15 is 0 Å². The molecule has 4 heteroatoms. The van der Waals surface area contributed by atoms with Crippen LogP contribution in [0.4, 0.5) is 17.1 Å². The van der Waals surface area contributed by atoms with Gasteiger partial charge in [0.2, 0.25) is 0 Å². The zero-order valence-corrected chi connectivity index (χ0v) is 28.3. The molecule has 0 unspecified atom stereocenters. The standard InChI is InChI=1S/C48H32N2O2/c1-2-12-32(13-3-1)50-41-19-7-4-14-36(41)37-29-28-34(30-43(37)50)49(42-20-11-23-46-47(42)40-16-6-9-22-45(40)51-46)33-26-24-31(25-27-33)35-17-10-18-39-38-15-5-8-21-44(38)52-48(35)39/h1-5,7-15,17-30H,6,16H2. The number of furan rings is 2. The van der Waals surface area contributed by atoms with Gasteiger partial charge in [-0.3, -0.25) is 0 Å². The summed E-state index contributed by atoms with van der Waals surface area (Å²) in [5.41, 5.74) is 12.9. The maximum Gasteiger partial charge on any atom is 0.143 e. The van der Waals surface area contributed by atoms with Gasteiger partial charge in [-0.25, -0.2) is 0 Å². The fourth-order valence-electron chi connectivity index (χ4n) is 8.34. The molecule has 3 heterocycles. The van der Waals surface area contributed by atoms with E-state index in [1.54, 1.807) is 0 Å². The zero-order valence-electron chi connectivity index (χ0n) is 28.3. The van der Waals surface area contributed by atoms with Crippen molar-refractivity contribution in [1.82, 2.24) is 4.57 Å². The average Bonchev–Trinajstić information content (AvgIpc) is 3.88. The van der Waals surface area contributed by atoms with Crippen LogP contribution in [0.2, 0.25) is 0 Å². The number of anilines is 3. The number of allylic oxidation sites excluding steroid dienone is 1. The van der Waals surface area contributed by atoms with Crippen molar-refractivity contribution in [3.8, 4) is 16.8 Å². The Labute approximate surface area is 300 Å². The van der Waals surface area contributed by atoms with E-state index in [-0.39, 0.29) is 0 Å². The molecular formula is C48H32N2O2. The number of hydrogen-bond donors (Lipinski definition) is 0. The van der Waals surface area contributed by atoms with Crippen LogP contribution < -0.4 is 4.90 Å². The summed E-state index contributed by atoms with van der Waals surface area (Å²) < 4.78 is 15.3. The second-order valence-electron chi connectivity index (χ2n) is 13.6. The van der Waals surface area contributed by atoms with Crippen molar-refractivity contribution >= 4 is 77.9 Å². The molecule has 52 heavy (non-hydrogen) atoms. The number of aryl methyl sites for hydroxylation is 1. The van der Waals surface area contributed by atoms with Gasteiger partial charge in [0, 0.05) is 55.1 Å². The third-order valence-electron chi connectivity index (χ3n) is 10.7. The van der Waals surface area contributed by atoms with Gasteiger partial charge in [0.1, 0.15) is 22.5 Å². The van der Waals surface area contributed by atoms with E-state index in [1.807, 2.05) is 12.1 Å². The van der Waals surface area contributed by atoms with Crippen LogP contribution in [-0.4, -0.2) is 4.57 Å². The first-order valence-corrected chi connectivity index (χ1v) is 17.9. The largest absolute Gasteiger partial charge is 0.456 e. The first kappa shape index (κ1) is 29.0. The molecule has 246 valence electrons. The molecule has 1 aliphatic carbocycles. The minimum atomic E-state index is 0.905. The van der Waals surface area contributed by atoms with Gasteiger partial charge in [-0.15, -0.1) is 0 Å². The summed E-state index contributed by atoms with van der Waals surface area (Å²) >= 11 is 0. The second kappa shape index (κ2) is 11.4. The van der Waals surface area contributed by atoms with Crippen LogP contribution in [0.1, 0.15) is 17.7 Å². The van der Waals surface area contributed by atoms with Crippen molar-refractivity contribution in [3.63, 3.8) is 0 Å². The number of para-hydroxylation sites is 4. The molecule has 7 aromatic carbocycles. The van der Waals surface area contributed by atoms with Crippen molar-refractivity contribution in [3.05, 3.63) is 175 Å². The van der Waals surface area contributed by atoms with E-state index in [0.717, 1.165) is 85.5 Å². The summed E-state index contributed by atoms with van der Waals surface area (Å²) in [4.78, 5) is 2.40. The van der Waals surface area contributed by atoms with Crippen LogP contribution in [0.5, 0.6) is 0 Å². The van der Waals surface area contributed by atoms with Gasteiger partial charge in [0.25, 0.3) is 0 Å². The monoisotopic (exact) mass is 668 g/mol. The highest BCUT2D eigenvalue weighted by atomic mass is 16.3. The van der Waals surface area contributed by atoms with Crippen molar-refractivity contribution in [2.45, 2.75) is 12.8 Å². The second-order valence-corrected chi connectivity index (χ2v) is 13.6. The van der Waals surface area contributed by atoms with Crippen molar-refractivity contribution < 1.29 is 8.83 Å². The molecular weight excluding hydrogens is 637 g/mol. The summed E-state index contributed by atoms with van der Waals surface area (Å²) in [7, 11) is 0. The van der Waals surface area contributed by atoms with Gasteiger partial charge in [-0.2, -0.15) is 0 Å². The number of benzene rings is 7. The van der Waals surface area contributed by atoms with Crippen LogP contribution in [0, 0.1) is 0 Å². The molecule has 0 fully saturated rings. The molecule has 0 radical (unpaired) electrons. The molecule has 0 bridgehead atoms. The highest BCUT2D eigenvalue weighted by molar-refractivity contribution is 6.12. The third kappa shape index (κ3) is 4.34. The molecule has 4 nitrogen and oxygen atoms in total. The van der Waals surface area contributed by atoms with Crippen LogP contribution in [0.15, 0.2) is 173 Å². The molecule has 0 spiro atoms. The van der Waals surface area contributed by atoms with Gasteiger partial charge in [-0.05, 0) is 85.1 Å².